The molecule has 0 spiro atoms. The number of nitrogen functional groups attached to an aromatic ring is 1. The maximum absolute atomic E-state index is 12.5. The van der Waals surface area contributed by atoms with E-state index in [4.69, 9.17) is 11.0 Å². The fourth-order valence-electron chi connectivity index (χ4n) is 1.67. The lowest BCUT2D eigenvalue weighted by Gasteiger charge is -2.21. The van der Waals surface area contributed by atoms with E-state index in [0.717, 1.165) is 4.31 Å². The molecule has 0 radical (unpaired) electrons. The number of hydrogen-bond acceptors (Lipinski definition) is 6. The van der Waals surface area contributed by atoms with Crippen LogP contribution in [0.15, 0.2) is 16.6 Å². The number of nitriles is 1. The van der Waals surface area contributed by atoms with Crippen molar-refractivity contribution in [2.75, 3.05) is 12.8 Å². The minimum atomic E-state index is -3.78. The van der Waals surface area contributed by atoms with E-state index in [2.05, 4.69) is 4.98 Å². The smallest absolute Gasteiger partial charge is 0.262 e. The highest BCUT2D eigenvalue weighted by atomic mass is 32.2. The van der Waals surface area contributed by atoms with E-state index >= 15 is 0 Å². The van der Waals surface area contributed by atoms with Gasteiger partial charge in [-0.05, 0) is 6.92 Å². The van der Waals surface area contributed by atoms with Gasteiger partial charge in [-0.25, -0.2) is 13.4 Å². The Morgan fingerprint density at radius 3 is 3.00 bits per heavy atom. The zero-order valence-electron chi connectivity index (χ0n) is 10.4. The first kappa shape index (κ1) is 13.8. The molecule has 2 aromatic heterocycles. The molecular formula is C10H13N5O2S2. The second-order valence-electron chi connectivity index (χ2n) is 4.09. The molecule has 102 valence electrons. The molecule has 2 N–H and O–H groups in total. The third kappa shape index (κ3) is 2.18. The number of nitrogens with zero attached hydrogens (tertiary/aromatic N) is 4. The van der Waals surface area contributed by atoms with Gasteiger partial charge in [0.05, 0.1) is 12.5 Å². The molecule has 2 aromatic rings. The third-order valence-corrected chi connectivity index (χ3v) is 5.64. The van der Waals surface area contributed by atoms with Crippen LogP contribution in [0.2, 0.25) is 0 Å². The van der Waals surface area contributed by atoms with Crippen LogP contribution in [0.1, 0.15) is 13.3 Å². The lowest BCUT2D eigenvalue weighted by Crippen LogP contribution is -2.35. The summed E-state index contributed by atoms with van der Waals surface area (Å²) in [7, 11) is -2.35. The molecule has 0 aliphatic carbocycles. The Kier molecular flexibility index (Phi) is 3.49. The molecule has 0 saturated carbocycles. The number of thiazole rings is 1. The SMILES string of the molecule is CC(CC#N)N(C)S(=O)(=O)c1c(N)nc2sccn12. The van der Waals surface area contributed by atoms with E-state index in [9.17, 15) is 8.42 Å². The van der Waals surface area contributed by atoms with Gasteiger partial charge in [-0.15, -0.1) is 11.3 Å². The van der Waals surface area contributed by atoms with Crippen molar-refractivity contribution in [3.63, 3.8) is 0 Å². The van der Waals surface area contributed by atoms with Crippen LogP contribution in [0.25, 0.3) is 4.96 Å². The maximum Gasteiger partial charge on any atom is 0.262 e. The van der Waals surface area contributed by atoms with Crippen molar-refractivity contribution < 1.29 is 8.42 Å². The molecule has 7 nitrogen and oxygen atoms in total. The van der Waals surface area contributed by atoms with Crippen LogP contribution in [0, 0.1) is 11.3 Å². The lowest BCUT2D eigenvalue weighted by molar-refractivity contribution is 0.391. The van der Waals surface area contributed by atoms with Gasteiger partial charge >= 0.3 is 0 Å². The molecular weight excluding hydrogens is 286 g/mol. The Labute approximate surface area is 114 Å². The van der Waals surface area contributed by atoms with Crippen LogP contribution >= 0.6 is 11.3 Å². The molecule has 0 aliphatic heterocycles. The van der Waals surface area contributed by atoms with E-state index in [1.54, 1.807) is 18.5 Å². The largest absolute Gasteiger partial charge is 0.381 e. The fourth-order valence-corrected chi connectivity index (χ4v) is 3.98. The first-order chi connectivity index (χ1) is 8.89. The van der Waals surface area contributed by atoms with Gasteiger partial charge < -0.3 is 5.73 Å². The summed E-state index contributed by atoms with van der Waals surface area (Å²) in [6, 6.07) is 1.52. The maximum atomic E-state index is 12.5. The van der Waals surface area contributed by atoms with Crippen molar-refractivity contribution in [3.8, 4) is 6.07 Å². The average molecular weight is 299 g/mol. The van der Waals surface area contributed by atoms with Gasteiger partial charge in [-0.3, -0.25) is 4.40 Å². The van der Waals surface area contributed by atoms with E-state index in [1.165, 1.54) is 22.8 Å². The quantitative estimate of drug-likeness (QED) is 0.903. The topological polar surface area (TPSA) is 104 Å². The summed E-state index contributed by atoms with van der Waals surface area (Å²) >= 11 is 1.31. The normalized spacial score (nSPS) is 13.8. The third-order valence-electron chi connectivity index (χ3n) is 2.87. The highest BCUT2D eigenvalue weighted by molar-refractivity contribution is 7.89. The molecule has 0 aliphatic rings. The molecule has 9 heteroatoms. The predicted molar refractivity (Wildman–Crippen MR) is 72.1 cm³/mol. The summed E-state index contributed by atoms with van der Waals surface area (Å²) in [6.45, 7) is 1.67. The van der Waals surface area contributed by atoms with Crippen molar-refractivity contribution in [3.05, 3.63) is 11.6 Å². The zero-order valence-corrected chi connectivity index (χ0v) is 12.1. The molecule has 1 atom stereocenters. The average Bonchev–Trinajstić information content (AvgIpc) is 2.87. The summed E-state index contributed by atoms with van der Waals surface area (Å²) < 4.78 is 27.6. The van der Waals surface area contributed by atoms with Crippen LogP contribution in [-0.4, -0.2) is 35.2 Å². The first-order valence-electron chi connectivity index (χ1n) is 5.45. The molecule has 2 heterocycles. The molecule has 0 amide bonds. The fraction of sp³-hybridized carbons (Fsp3) is 0.400. The van der Waals surface area contributed by atoms with E-state index in [-0.39, 0.29) is 17.3 Å². The Balaban J connectivity index is 2.53. The van der Waals surface area contributed by atoms with Crippen molar-refractivity contribution in [1.29, 1.82) is 5.26 Å². The monoisotopic (exact) mass is 299 g/mol. The van der Waals surface area contributed by atoms with E-state index < -0.39 is 16.1 Å². The summed E-state index contributed by atoms with van der Waals surface area (Å²) in [5.41, 5.74) is 5.70. The van der Waals surface area contributed by atoms with Crippen molar-refractivity contribution in [2.45, 2.75) is 24.4 Å². The summed E-state index contributed by atoms with van der Waals surface area (Å²) in [4.78, 5) is 4.54. The second-order valence-corrected chi connectivity index (χ2v) is 6.88. The van der Waals surface area contributed by atoms with Crippen LogP contribution in [-0.2, 0) is 10.0 Å². The number of nitrogens with two attached hydrogens (primary N) is 1. The van der Waals surface area contributed by atoms with Crippen molar-refractivity contribution >= 4 is 32.1 Å². The van der Waals surface area contributed by atoms with Crippen LogP contribution in [0.3, 0.4) is 0 Å². The molecule has 2 rings (SSSR count). The minimum Gasteiger partial charge on any atom is -0.381 e. The molecule has 0 bridgehead atoms. The van der Waals surface area contributed by atoms with Gasteiger partial charge in [-0.1, -0.05) is 0 Å². The lowest BCUT2D eigenvalue weighted by atomic mass is 10.3. The molecule has 0 saturated heterocycles. The number of fused-ring (bicyclic) bond motifs is 1. The van der Waals surface area contributed by atoms with Crippen LogP contribution in [0.5, 0.6) is 0 Å². The molecule has 0 fully saturated rings. The van der Waals surface area contributed by atoms with Gasteiger partial charge in [-0.2, -0.15) is 9.57 Å². The minimum absolute atomic E-state index is 0.0251. The van der Waals surface area contributed by atoms with E-state index in [0.29, 0.717) is 4.96 Å². The van der Waals surface area contributed by atoms with Crippen molar-refractivity contribution in [2.24, 2.45) is 0 Å². The summed E-state index contributed by atoms with van der Waals surface area (Å²) in [6.07, 6.45) is 1.72. The predicted octanol–water partition coefficient (Wildman–Crippen LogP) is 0.901. The summed E-state index contributed by atoms with van der Waals surface area (Å²) in [5.74, 6) is -0.0251. The van der Waals surface area contributed by atoms with Gasteiger partial charge in [0, 0.05) is 24.7 Å². The van der Waals surface area contributed by atoms with Gasteiger partial charge in [0.15, 0.2) is 15.8 Å². The summed E-state index contributed by atoms with van der Waals surface area (Å²) in [5, 5.41) is 10.4. The van der Waals surface area contributed by atoms with Gasteiger partial charge in [0.25, 0.3) is 10.0 Å². The van der Waals surface area contributed by atoms with Gasteiger partial charge in [0.2, 0.25) is 0 Å². The number of anilines is 1. The highest BCUT2D eigenvalue weighted by Gasteiger charge is 2.31. The van der Waals surface area contributed by atoms with Gasteiger partial charge in [0.1, 0.15) is 0 Å². The van der Waals surface area contributed by atoms with Crippen molar-refractivity contribution in [1.82, 2.24) is 13.7 Å². The van der Waals surface area contributed by atoms with E-state index in [1.807, 2.05) is 6.07 Å². The Bertz CT molecular complexity index is 740. The van der Waals surface area contributed by atoms with Crippen LogP contribution < -0.4 is 5.73 Å². The second kappa shape index (κ2) is 4.80. The molecule has 1 unspecified atom stereocenters. The number of imidazole rings is 1. The number of aromatic nitrogens is 2. The number of hydrogen-bond donors (Lipinski definition) is 1. The Morgan fingerprint density at radius 2 is 2.37 bits per heavy atom. The zero-order chi connectivity index (χ0) is 14.2. The Hall–Kier alpha value is -1.63. The number of rotatable bonds is 4. The molecule has 0 aromatic carbocycles. The Morgan fingerprint density at radius 1 is 1.68 bits per heavy atom. The van der Waals surface area contributed by atoms with Crippen LogP contribution in [0.4, 0.5) is 5.82 Å². The standard InChI is InChI=1S/C10H13N5O2S2/c1-7(3-4-11)14(2)19(16,17)9-8(12)13-10-15(9)5-6-18-10/h5-7H,3,12H2,1-2H3. The highest BCUT2D eigenvalue weighted by Crippen LogP contribution is 2.26. The first-order valence-corrected chi connectivity index (χ1v) is 7.77. The molecule has 19 heavy (non-hydrogen) atoms. The number of sulfonamides is 1.